The van der Waals surface area contributed by atoms with Gasteiger partial charge in [-0.25, -0.2) is 9.48 Å². The smallest absolute Gasteiger partial charge is 0.359 e. The zero-order valence-corrected chi connectivity index (χ0v) is 14.5. The van der Waals surface area contributed by atoms with E-state index in [-0.39, 0.29) is 17.9 Å². The maximum absolute atomic E-state index is 12.5. The van der Waals surface area contributed by atoms with Crippen molar-refractivity contribution in [2.45, 2.75) is 6.61 Å². The van der Waals surface area contributed by atoms with E-state index in [0.29, 0.717) is 22.2 Å². The van der Waals surface area contributed by atoms with Crippen LogP contribution in [0.1, 0.15) is 16.2 Å². The van der Waals surface area contributed by atoms with Crippen LogP contribution >= 0.6 is 0 Å². The van der Waals surface area contributed by atoms with E-state index in [1.54, 1.807) is 30.3 Å². The van der Waals surface area contributed by atoms with Crippen LogP contribution < -0.4 is 5.56 Å². The van der Waals surface area contributed by atoms with Crippen LogP contribution in [0.15, 0.2) is 70.0 Å². The first-order valence-electron chi connectivity index (χ1n) is 8.27. The van der Waals surface area contributed by atoms with E-state index >= 15 is 0 Å². The molecule has 0 saturated carbocycles. The molecule has 0 bridgehead atoms. The zero-order chi connectivity index (χ0) is 18.8. The van der Waals surface area contributed by atoms with E-state index in [4.69, 9.17) is 9.26 Å². The van der Waals surface area contributed by atoms with Crippen molar-refractivity contribution in [2.24, 2.45) is 7.05 Å². The number of ether oxygens (including phenoxy) is 1. The Morgan fingerprint density at radius 1 is 1.07 bits per heavy atom. The molecule has 0 spiro atoms. The average molecular weight is 361 g/mol. The van der Waals surface area contributed by atoms with Gasteiger partial charge < -0.3 is 9.26 Å². The maximum atomic E-state index is 12.5. The van der Waals surface area contributed by atoms with Crippen molar-refractivity contribution in [1.29, 1.82) is 0 Å². The van der Waals surface area contributed by atoms with E-state index in [0.717, 1.165) is 10.2 Å². The van der Waals surface area contributed by atoms with Gasteiger partial charge in [-0.3, -0.25) is 4.79 Å². The van der Waals surface area contributed by atoms with Crippen LogP contribution in [0.4, 0.5) is 0 Å². The van der Waals surface area contributed by atoms with Crippen LogP contribution in [-0.4, -0.2) is 20.9 Å². The van der Waals surface area contributed by atoms with Gasteiger partial charge in [0.05, 0.1) is 5.39 Å². The number of aromatic nitrogens is 3. The van der Waals surface area contributed by atoms with Gasteiger partial charge in [-0.05, 0) is 6.07 Å². The highest BCUT2D eigenvalue weighted by atomic mass is 16.5. The fourth-order valence-corrected chi connectivity index (χ4v) is 2.78. The first kappa shape index (κ1) is 16.7. The first-order valence-corrected chi connectivity index (χ1v) is 8.27. The Labute approximate surface area is 153 Å². The summed E-state index contributed by atoms with van der Waals surface area (Å²) in [7, 11) is 1.50. The molecule has 0 fully saturated rings. The standard InChI is InChI=1S/C20H15N3O4/c1-23-19(24)16-10-6-5-9-15(16)18(21-23)20(25)26-12-14-11-17(27-22-14)13-7-3-2-4-8-13/h2-11H,12H2,1H3. The lowest BCUT2D eigenvalue weighted by Gasteiger charge is -2.07. The molecule has 0 amide bonds. The highest BCUT2D eigenvalue weighted by molar-refractivity contribution is 6.02. The molecular formula is C20H15N3O4. The molecule has 0 saturated heterocycles. The number of carbonyl (C=O) groups excluding carboxylic acids is 1. The highest BCUT2D eigenvalue weighted by Crippen LogP contribution is 2.20. The Hall–Kier alpha value is -3.74. The zero-order valence-electron chi connectivity index (χ0n) is 14.5. The number of esters is 1. The molecule has 4 rings (SSSR count). The van der Waals surface area contributed by atoms with Gasteiger partial charge in [0.25, 0.3) is 5.56 Å². The largest absolute Gasteiger partial charge is 0.454 e. The summed E-state index contributed by atoms with van der Waals surface area (Å²) in [5, 5.41) is 8.84. The average Bonchev–Trinajstić information content (AvgIpc) is 3.19. The number of carbonyl (C=O) groups is 1. The summed E-state index contributed by atoms with van der Waals surface area (Å²) in [5.74, 6) is -0.0432. The topological polar surface area (TPSA) is 87.2 Å². The molecule has 27 heavy (non-hydrogen) atoms. The lowest BCUT2D eigenvalue weighted by atomic mass is 10.1. The van der Waals surface area contributed by atoms with Crippen molar-refractivity contribution < 1.29 is 14.1 Å². The summed E-state index contributed by atoms with van der Waals surface area (Å²) in [5.41, 5.74) is 1.18. The van der Waals surface area contributed by atoms with Gasteiger partial charge in [0, 0.05) is 24.1 Å². The summed E-state index contributed by atoms with van der Waals surface area (Å²) in [4.78, 5) is 24.7. The van der Waals surface area contributed by atoms with Crippen molar-refractivity contribution in [3.63, 3.8) is 0 Å². The van der Waals surface area contributed by atoms with Gasteiger partial charge in [-0.2, -0.15) is 5.10 Å². The van der Waals surface area contributed by atoms with Crippen LogP contribution in [0.25, 0.3) is 22.1 Å². The number of rotatable bonds is 4. The SMILES string of the molecule is Cn1nc(C(=O)OCc2cc(-c3ccccc3)on2)c2ccccc2c1=O. The molecule has 4 aromatic rings. The Morgan fingerprint density at radius 3 is 2.56 bits per heavy atom. The molecule has 0 aliphatic heterocycles. The molecule has 0 aliphatic carbocycles. The lowest BCUT2D eigenvalue weighted by molar-refractivity contribution is 0.0457. The van der Waals surface area contributed by atoms with E-state index < -0.39 is 5.97 Å². The molecule has 0 atom stereocenters. The number of hydrogen-bond donors (Lipinski definition) is 0. The second-order valence-corrected chi connectivity index (χ2v) is 5.95. The number of nitrogens with zero attached hydrogens (tertiary/aromatic N) is 3. The fraction of sp³-hybridized carbons (Fsp3) is 0.100. The number of aryl methyl sites for hydroxylation is 1. The van der Waals surface area contributed by atoms with Crippen LogP contribution in [0.2, 0.25) is 0 Å². The van der Waals surface area contributed by atoms with Crippen molar-refractivity contribution in [3.05, 3.63) is 82.4 Å². The third-order valence-electron chi connectivity index (χ3n) is 4.12. The number of benzene rings is 2. The second-order valence-electron chi connectivity index (χ2n) is 5.95. The monoisotopic (exact) mass is 361 g/mol. The fourth-order valence-electron chi connectivity index (χ4n) is 2.78. The minimum Gasteiger partial charge on any atom is -0.454 e. The molecule has 0 radical (unpaired) electrons. The molecule has 0 aliphatic rings. The Morgan fingerprint density at radius 2 is 1.78 bits per heavy atom. The van der Waals surface area contributed by atoms with Gasteiger partial charge in [0.15, 0.2) is 11.5 Å². The summed E-state index contributed by atoms with van der Waals surface area (Å²) in [6.45, 7) is -0.0615. The molecule has 2 heterocycles. The summed E-state index contributed by atoms with van der Waals surface area (Å²) >= 11 is 0. The minimum absolute atomic E-state index is 0.0615. The number of hydrogen-bond acceptors (Lipinski definition) is 6. The summed E-state index contributed by atoms with van der Waals surface area (Å²) < 4.78 is 11.7. The van der Waals surface area contributed by atoms with Crippen molar-refractivity contribution in [2.75, 3.05) is 0 Å². The van der Waals surface area contributed by atoms with Crippen LogP contribution in [0.3, 0.4) is 0 Å². The first-order chi connectivity index (χ1) is 13.1. The molecule has 2 aromatic heterocycles. The molecule has 0 unspecified atom stereocenters. The van der Waals surface area contributed by atoms with Crippen molar-refractivity contribution in [3.8, 4) is 11.3 Å². The Kier molecular flexibility index (Phi) is 4.25. The molecule has 7 heteroatoms. The molecule has 134 valence electrons. The van der Waals surface area contributed by atoms with Gasteiger partial charge >= 0.3 is 5.97 Å². The van der Waals surface area contributed by atoms with Gasteiger partial charge in [0.2, 0.25) is 0 Å². The van der Waals surface area contributed by atoms with Crippen molar-refractivity contribution in [1.82, 2.24) is 14.9 Å². The normalized spacial score (nSPS) is 10.9. The molecule has 7 nitrogen and oxygen atoms in total. The van der Waals surface area contributed by atoms with Gasteiger partial charge in [-0.15, -0.1) is 0 Å². The van der Waals surface area contributed by atoms with Crippen LogP contribution in [0, 0.1) is 0 Å². The van der Waals surface area contributed by atoms with Crippen LogP contribution in [-0.2, 0) is 18.4 Å². The van der Waals surface area contributed by atoms with Crippen molar-refractivity contribution >= 4 is 16.7 Å². The molecule has 0 N–H and O–H groups in total. The van der Waals surface area contributed by atoms with E-state index in [9.17, 15) is 9.59 Å². The van der Waals surface area contributed by atoms with Gasteiger partial charge in [-0.1, -0.05) is 53.7 Å². The highest BCUT2D eigenvalue weighted by Gasteiger charge is 2.18. The predicted molar refractivity (Wildman–Crippen MR) is 98.0 cm³/mol. The molecular weight excluding hydrogens is 346 g/mol. The number of fused-ring (bicyclic) bond motifs is 1. The quantitative estimate of drug-likeness (QED) is 0.519. The third kappa shape index (κ3) is 3.22. The van der Waals surface area contributed by atoms with E-state index in [1.165, 1.54) is 7.05 Å². The minimum atomic E-state index is -0.633. The maximum Gasteiger partial charge on any atom is 0.359 e. The van der Waals surface area contributed by atoms with Gasteiger partial charge in [0.1, 0.15) is 12.3 Å². The summed E-state index contributed by atoms with van der Waals surface area (Å²) in [6.07, 6.45) is 0. The third-order valence-corrected chi connectivity index (χ3v) is 4.12. The summed E-state index contributed by atoms with van der Waals surface area (Å²) in [6, 6.07) is 18.0. The molecule has 2 aromatic carbocycles. The predicted octanol–water partition coefficient (Wildman–Crippen LogP) is 2.95. The van der Waals surface area contributed by atoms with E-state index in [2.05, 4.69) is 10.3 Å². The van der Waals surface area contributed by atoms with E-state index in [1.807, 2.05) is 30.3 Å². The lowest BCUT2D eigenvalue weighted by Crippen LogP contribution is -2.23. The Bertz CT molecular complexity index is 1180. The second kappa shape index (κ2) is 6.87. The van der Waals surface area contributed by atoms with Crippen LogP contribution in [0.5, 0.6) is 0 Å². The Balaban J connectivity index is 1.56.